The quantitative estimate of drug-likeness (QED) is 0.770. The molecule has 1 aliphatic carbocycles. The fourth-order valence-corrected chi connectivity index (χ4v) is 3.46. The smallest absolute Gasteiger partial charge is 0.0189 e. The Morgan fingerprint density at radius 3 is 2.71 bits per heavy atom. The lowest BCUT2D eigenvalue weighted by Gasteiger charge is -2.17. The first kappa shape index (κ1) is 13.0. The van der Waals surface area contributed by atoms with Crippen molar-refractivity contribution in [1.82, 2.24) is 5.32 Å². The van der Waals surface area contributed by atoms with Crippen molar-refractivity contribution in [2.75, 3.05) is 12.3 Å². The van der Waals surface area contributed by atoms with Gasteiger partial charge in [-0.1, -0.05) is 24.6 Å². The molecule has 94 valence electrons. The van der Waals surface area contributed by atoms with Crippen LogP contribution in [0.3, 0.4) is 0 Å². The van der Waals surface area contributed by atoms with Gasteiger partial charge in [0.2, 0.25) is 0 Å². The average Bonchev–Trinajstić information content (AvgIpc) is 3.10. The summed E-state index contributed by atoms with van der Waals surface area (Å²) < 4.78 is 0. The summed E-state index contributed by atoms with van der Waals surface area (Å²) >= 11 is 2.01. The second kappa shape index (κ2) is 5.92. The molecule has 17 heavy (non-hydrogen) atoms. The summed E-state index contributed by atoms with van der Waals surface area (Å²) in [5, 5.41) is 3.62. The third-order valence-electron chi connectivity index (χ3n) is 3.41. The van der Waals surface area contributed by atoms with Gasteiger partial charge in [0, 0.05) is 16.7 Å². The van der Waals surface area contributed by atoms with Crippen molar-refractivity contribution in [2.24, 2.45) is 5.92 Å². The molecule has 1 saturated carbocycles. The van der Waals surface area contributed by atoms with Crippen molar-refractivity contribution in [3.63, 3.8) is 0 Å². The van der Waals surface area contributed by atoms with Crippen molar-refractivity contribution in [1.29, 1.82) is 0 Å². The lowest BCUT2D eigenvalue weighted by Crippen LogP contribution is -2.33. The minimum absolute atomic E-state index is 0.714. The summed E-state index contributed by atoms with van der Waals surface area (Å²) in [6.07, 6.45) is 2.84. The van der Waals surface area contributed by atoms with E-state index in [0.29, 0.717) is 6.04 Å². The maximum Gasteiger partial charge on any atom is 0.0189 e. The first-order chi connectivity index (χ1) is 8.20. The van der Waals surface area contributed by atoms with Crippen molar-refractivity contribution < 1.29 is 0 Å². The van der Waals surface area contributed by atoms with Gasteiger partial charge in [-0.2, -0.15) is 0 Å². The largest absolute Gasteiger partial charge is 0.313 e. The van der Waals surface area contributed by atoms with E-state index in [1.807, 2.05) is 11.8 Å². The minimum Gasteiger partial charge on any atom is -0.313 e. The predicted octanol–water partition coefficient (Wildman–Crippen LogP) is 3.78. The Kier molecular flexibility index (Phi) is 4.52. The molecule has 1 N–H and O–H groups in total. The molecule has 2 rings (SSSR count). The van der Waals surface area contributed by atoms with Gasteiger partial charge in [0.05, 0.1) is 0 Å². The highest BCUT2D eigenvalue weighted by Gasteiger charge is 2.30. The van der Waals surface area contributed by atoms with Gasteiger partial charge in [-0.15, -0.1) is 11.8 Å². The molecule has 0 radical (unpaired) electrons. The number of hydrogen-bond donors (Lipinski definition) is 1. The summed E-state index contributed by atoms with van der Waals surface area (Å²) in [5.74, 6) is 2.15. The molecule has 1 aromatic rings. The average molecular weight is 249 g/mol. The van der Waals surface area contributed by atoms with E-state index in [1.165, 1.54) is 34.6 Å². The van der Waals surface area contributed by atoms with Crippen LogP contribution in [0.1, 0.15) is 30.9 Å². The normalized spacial score (nSPS) is 17.1. The highest BCUT2D eigenvalue weighted by Crippen LogP contribution is 2.35. The highest BCUT2D eigenvalue weighted by molar-refractivity contribution is 7.99. The minimum atomic E-state index is 0.714. The fraction of sp³-hybridized carbons (Fsp3) is 0.600. The molecule has 1 fully saturated rings. The van der Waals surface area contributed by atoms with E-state index >= 15 is 0 Å². The Labute approximate surface area is 109 Å². The maximum atomic E-state index is 3.62. The number of rotatable bonds is 6. The second-order valence-corrected chi connectivity index (χ2v) is 6.14. The van der Waals surface area contributed by atoms with Crippen LogP contribution in [-0.4, -0.2) is 18.3 Å². The Bertz CT molecular complexity index is 371. The number of nitrogens with one attached hydrogen (secondary N) is 1. The van der Waals surface area contributed by atoms with E-state index in [1.54, 1.807) is 0 Å². The molecule has 0 amide bonds. The summed E-state index contributed by atoms with van der Waals surface area (Å²) in [4.78, 5) is 1.44. The highest BCUT2D eigenvalue weighted by atomic mass is 32.2. The predicted molar refractivity (Wildman–Crippen MR) is 76.8 cm³/mol. The summed E-state index contributed by atoms with van der Waals surface area (Å²) in [6.45, 7) is 7.67. The third-order valence-corrected chi connectivity index (χ3v) is 4.70. The van der Waals surface area contributed by atoms with Crippen LogP contribution < -0.4 is 5.32 Å². The van der Waals surface area contributed by atoms with Crippen LogP contribution in [0.5, 0.6) is 0 Å². The van der Waals surface area contributed by atoms with Crippen LogP contribution in [0.15, 0.2) is 23.1 Å². The van der Waals surface area contributed by atoms with Gasteiger partial charge in [-0.3, -0.25) is 0 Å². The van der Waals surface area contributed by atoms with Crippen LogP contribution in [0.25, 0.3) is 0 Å². The van der Waals surface area contributed by atoms with Gasteiger partial charge in [0.25, 0.3) is 0 Å². The standard InChI is InChI=1S/C15H23NS/c1-4-16-14(13-6-7-13)10-17-15-8-5-11(2)9-12(15)3/h5,8-9,13-14,16H,4,6-7,10H2,1-3H3. The van der Waals surface area contributed by atoms with Gasteiger partial charge in [0.1, 0.15) is 0 Å². The monoisotopic (exact) mass is 249 g/mol. The Balaban J connectivity index is 1.91. The molecule has 1 nitrogen and oxygen atoms in total. The van der Waals surface area contributed by atoms with E-state index in [0.717, 1.165) is 12.5 Å². The van der Waals surface area contributed by atoms with Crippen LogP contribution in [0.2, 0.25) is 0 Å². The number of benzene rings is 1. The molecule has 0 aliphatic heterocycles. The number of thioether (sulfide) groups is 1. The van der Waals surface area contributed by atoms with Crippen molar-refractivity contribution in [3.05, 3.63) is 29.3 Å². The zero-order chi connectivity index (χ0) is 12.3. The summed E-state index contributed by atoms with van der Waals surface area (Å²) in [7, 11) is 0. The lowest BCUT2D eigenvalue weighted by molar-refractivity contribution is 0.519. The zero-order valence-electron chi connectivity index (χ0n) is 11.1. The number of hydrogen-bond acceptors (Lipinski definition) is 2. The maximum absolute atomic E-state index is 3.62. The molecule has 1 aliphatic rings. The van der Waals surface area contributed by atoms with Crippen molar-refractivity contribution in [2.45, 2.75) is 44.6 Å². The molecule has 2 heteroatoms. The third kappa shape index (κ3) is 3.75. The second-order valence-electron chi connectivity index (χ2n) is 5.08. The fourth-order valence-electron chi connectivity index (χ4n) is 2.26. The van der Waals surface area contributed by atoms with E-state index in [-0.39, 0.29) is 0 Å². The first-order valence-electron chi connectivity index (χ1n) is 6.64. The van der Waals surface area contributed by atoms with Crippen molar-refractivity contribution >= 4 is 11.8 Å². The number of aryl methyl sites for hydroxylation is 2. The molecule has 0 aromatic heterocycles. The SMILES string of the molecule is CCNC(CSc1ccc(C)cc1C)C1CC1. The van der Waals surface area contributed by atoms with Gasteiger partial charge in [-0.05, 0) is 50.8 Å². The molecular formula is C15H23NS. The van der Waals surface area contributed by atoms with Gasteiger partial charge in [0.15, 0.2) is 0 Å². The molecular weight excluding hydrogens is 226 g/mol. The lowest BCUT2D eigenvalue weighted by atomic mass is 10.2. The topological polar surface area (TPSA) is 12.0 Å². The van der Waals surface area contributed by atoms with Crippen molar-refractivity contribution in [3.8, 4) is 0 Å². The molecule has 0 heterocycles. The molecule has 0 saturated heterocycles. The molecule has 0 bridgehead atoms. The Hall–Kier alpha value is -0.470. The molecule has 0 spiro atoms. The van der Waals surface area contributed by atoms with E-state index < -0.39 is 0 Å². The van der Waals surface area contributed by atoms with E-state index in [4.69, 9.17) is 0 Å². The van der Waals surface area contributed by atoms with E-state index in [9.17, 15) is 0 Å². The van der Waals surface area contributed by atoms with Gasteiger partial charge < -0.3 is 5.32 Å². The van der Waals surface area contributed by atoms with Crippen LogP contribution in [-0.2, 0) is 0 Å². The molecule has 1 atom stereocenters. The molecule has 1 unspecified atom stereocenters. The molecule has 1 aromatic carbocycles. The summed E-state index contributed by atoms with van der Waals surface area (Å²) in [5.41, 5.74) is 2.78. The zero-order valence-corrected chi connectivity index (χ0v) is 11.9. The van der Waals surface area contributed by atoms with Crippen LogP contribution in [0.4, 0.5) is 0 Å². The Morgan fingerprint density at radius 2 is 2.12 bits per heavy atom. The van der Waals surface area contributed by atoms with E-state index in [2.05, 4.69) is 44.3 Å². The van der Waals surface area contributed by atoms with Gasteiger partial charge in [-0.25, -0.2) is 0 Å². The van der Waals surface area contributed by atoms with Gasteiger partial charge >= 0.3 is 0 Å². The van der Waals surface area contributed by atoms with Crippen LogP contribution in [0, 0.1) is 19.8 Å². The first-order valence-corrected chi connectivity index (χ1v) is 7.62. The van der Waals surface area contributed by atoms with Crippen LogP contribution >= 0.6 is 11.8 Å². The summed E-state index contributed by atoms with van der Waals surface area (Å²) in [6, 6.07) is 7.48. The Morgan fingerprint density at radius 1 is 1.35 bits per heavy atom.